The van der Waals surface area contributed by atoms with Gasteiger partial charge >= 0.3 is 0 Å². The molecule has 18 heavy (non-hydrogen) atoms. The van der Waals surface area contributed by atoms with E-state index < -0.39 is 0 Å². The first-order valence-corrected chi connectivity index (χ1v) is 6.40. The van der Waals surface area contributed by atoms with E-state index in [-0.39, 0.29) is 17.9 Å². The summed E-state index contributed by atoms with van der Waals surface area (Å²) >= 11 is 0. The number of nitrogens with one attached hydrogen (secondary N) is 1. The number of likely N-dealkylation sites (N-methyl/N-ethyl adjacent to an activating group) is 1. The second-order valence-corrected chi connectivity index (χ2v) is 5.00. The fourth-order valence-electron chi connectivity index (χ4n) is 2.81. The molecule has 2 aliphatic rings. The summed E-state index contributed by atoms with van der Waals surface area (Å²) in [5, 5.41) is 3.17. The lowest BCUT2D eigenvalue weighted by Gasteiger charge is -2.22. The Hall–Kier alpha value is -1.39. The molecule has 1 aromatic rings. The molecule has 96 valence electrons. The maximum atomic E-state index is 12.5. The van der Waals surface area contributed by atoms with Crippen LogP contribution in [0.15, 0.2) is 24.3 Å². The van der Waals surface area contributed by atoms with Gasteiger partial charge in [-0.2, -0.15) is 0 Å². The fourth-order valence-corrected chi connectivity index (χ4v) is 2.81. The van der Waals surface area contributed by atoms with Gasteiger partial charge in [0.25, 0.3) is 0 Å². The lowest BCUT2D eigenvalue weighted by atomic mass is 10.0. The molecule has 0 aromatic heterocycles. The van der Waals surface area contributed by atoms with Gasteiger partial charge in [-0.1, -0.05) is 24.3 Å². The van der Waals surface area contributed by atoms with Crippen LogP contribution in [0.3, 0.4) is 0 Å². The second kappa shape index (κ2) is 4.71. The lowest BCUT2D eigenvalue weighted by Crippen LogP contribution is -2.42. The van der Waals surface area contributed by atoms with Crippen LogP contribution in [0.25, 0.3) is 0 Å². The van der Waals surface area contributed by atoms with Crippen molar-refractivity contribution in [3.63, 3.8) is 0 Å². The van der Waals surface area contributed by atoms with Gasteiger partial charge in [-0.05, 0) is 18.2 Å². The molecule has 3 rings (SSSR count). The standard InChI is InChI=1S/C14H18N2O2/c1-15-13-9-18-8-12(13)14(17)16-6-10-4-2-3-5-11(10)7-16/h2-5,12-13,15H,6-9H2,1H3. The zero-order valence-corrected chi connectivity index (χ0v) is 10.6. The Morgan fingerprint density at radius 3 is 2.56 bits per heavy atom. The molecule has 4 nitrogen and oxygen atoms in total. The molecule has 2 aliphatic heterocycles. The third-order valence-corrected chi connectivity index (χ3v) is 3.92. The van der Waals surface area contributed by atoms with Crippen molar-refractivity contribution in [2.45, 2.75) is 19.1 Å². The summed E-state index contributed by atoms with van der Waals surface area (Å²) in [5.41, 5.74) is 2.54. The Balaban J connectivity index is 1.72. The smallest absolute Gasteiger partial charge is 0.230 e. The van der Waals surface area contributed by atoms with E-state index in [9.17, 15) is 4.79 Å². The maximum Gasteiger partial charge on any atom is 0.230 e. The Morgan fingerprint density at radius 1 is 1.28 bits per heavy atom. The number of carbonyl (C=O) groups excluding carboxylic acids is 1. The highest BCUT2D eigenvalue weighted by molar-refractivity contribution is 5.80. The summed E-state index contributed by atoms with van der Waals surface area (Å²) in [6, 6.07) is 8.41. The monoisotopic (exact) mass is 246 g/mol. The summed E-state index contributed by atoms with van der Waals surface area (Å²) < 4.78 is 5.41. The van der Waals surface area contributed by atoms with Gasteiger partial charge in [0, 0.05) is 19.1 Å². The van der Waals surface area contributed by atoms with Crippen molar-refractivity contribution in [3.8, 4) is 0 Å². The Kier molecular flexibility index (Phi) is 3.06. The molecule has 0 bridgehead atoms. The summed E-state index contributed by atoms with van der Waals surface area (Å²) in [4.78, 5) is 14.4. The van der Waals surface area contributed by atoms with Crippen LogP contribution < -0.4 is 5.32 Å². The number of hydrogen-bond acceptors (Lipinski definition) is 3. The third kappa shape index (κ3) is 1.91. The Morgan fingerprint density at radius 2 is 1.94 bits per heavy atom. The molecular formula is C14H18N2O2. The molecule has 0 aliphatic carbocycles. The summed E-state index contributed by atoms with van der Waals surface area (Å²) in [5.74, 6) is 0.173. The number of rotatable bonds is 2. The van der Waals surface area contributed by atoms with Crippen molar-refractivity contribution in [2.24, 2.45) is 5.92 Å². The quantitative estimate of drug-likeness (QED) is 0.838. The Labute approximate surface area is 107 Å². The first-order valence-electron chi connectivity index (χ1n) is 6.40. The molecule has 2 unspecified atom stereocenters. The first-order chi connectivity index (χ1) is 8.79. The van der Waals surface area contributed by atoms with Crippen LogP contribution in [0.2, 0.25) is 0 Å². The molecule has 2 heterocycles. The number of benzene rings is 1. The van der Waals surface area contributed by atoms with E-state index in [0.717, 1.165) is 13.1 Å². The molecule has 1 saturated heterocycles. The lowest BCUT2D eigenvalue weighted by molar-refractivity contribution is -0.136. The van der Waals surface area contributed by atoms with Gasteiger partial charge < -0.3 is 15.0 Å². The van der Waals surface area contributed by atoms with Crippen LogP contribution in [-0.4, -0.2) is 37.1 Å². The van der Waals surface area contributed by atoms with Crippen LogP contribution in [0.1, 0.15) is 11.1 Å². The molecule has 2 atom stereocenters. The topological polar surface area (TPSA) is 41.6 Å². The SMILES string of the molecule is CNC1COCC1C(=O)N1Cc2ccccc2C1. The summed E-state index contributed by atoms with van der Waals surface area (Å²) in [6.45, 7) is 2.65. The van der Waals surface area contributed by atoms with Gasteiger partial charge in [0.05, 0.1) is 19.1 Å². The third-order valence-electron chi connectivity index (χ3n) is 3.92. The fraction of sp³-hybridized carbons (Fsp3) is 0.500. The van der Waals surface area contributed by atoms with E-state index in [0.29, 0.717) is 13.2 Å². The van der Waals surface area contributed by atoms with Crippen LogP contribution in [0, 0.1) is 5.92 Å². The average Bonchev–Trinajstić information content (AvgIpc) is 3.03. The van der Waals surface area contributed by atoms with E-state index in [4.69, 9.17) is 4.74 Å². The predicted molar refractivity (Wildman–Crippen MR) is 67.9 cm³/mol. The van der Waals surface area contributed by atoms with Crippen molar-refractivity contribution in [3.05, 3.63) is 35.4 Å². The minimum absolute atomic E-state index is 0.0377. The molecule has 1 amide bonds. The molecule has 0 radical (unpaired) electrons. The van der Waals surface area contributed by atoms with Crippen molar-refractivity contribution in [1.82, 2.24) is 10.2 Å². The van der Waals surface area contributed by atoms with E-state index >= 15 is 0 Å². The normalized spacial score (nSPS) is 26.4. The zero-order chi connectivity index (χ0) is 12.5. The van der Waals surface area contributed by atoms with Crippen LogP contribution in [-0.2, 0) is 22.6 Å². The molecule has 1 aromatic carbocycles. The molecule has 0 saturated carbocycles. The van der Waals surface area contributed by atoms with Gasteiger partial charge in [-0.25, -0.2) is 0 Å². The molecule has 1 fully saturated rings. The predicted octanol–water partition coefficient (Wildman–Crippen LogP) is 0.763. The maximum absolute atomic E-state index is 12.5. The van der Waals surface area contributed by atoms with Crippen molar-refractivity contribution < 1.29 is 9.53 Å². The van der Waals surface area contributed by atoms with E-state index in [1.165, 1.54) is 11.1 Å². The van der Waals surface area contributed by atoms with E-state index in [1.54, 1.807) is 0 Å². The number of nitrogens with zero attached hydrogens (tertiary/aromatic N) is 1. The summed E-state index contributed by atoms with van der Waals surface area (Å²) in [6.07, 6.45) is 0. The largest absolute Gasteiger partial charge is 0.379 e. The van der Waals surface area contributed by atoms with Crippen molar-refractivity contribution in [2.75, 3.05) is 20.3 Å². The van der Waals surface area contributed by atoms with Gasteiger partial charge in [0.15, 0.2) is 0 Å². The molecule has 0 spiro atoms. The van der Waals surface area contributed by atoms with Crippen LogP contribution in [0.5, 0.6) is 0 Å². The van der Waals surface area contributed by atoms with Gasteiger partial charge in [0.2, 0.25) is 5.91 Å². The number of hydrogen-bond donors (Lipinski definition) is 1. The minimum atomic E-state index is -0.0377. The highest BCUT2D eigenvalue weighted by atomic mass is 16.5. The zero-order valence-electron chi connectivity index (χ0n) is 10.6. The van der Waals surface area contributed by atoms with Crippen LogP contribution in [0.4, 0.5) is 0 Å². The van der Waals surface area contributed by atoms with Gasteiger partial charge in [0.1, 0.15) is 0 Å². The minimum Gasteiger partial charge on any atom is -0.379 e. The van der Waals surface area contributed by atoms with Crippen LogP contribution >= 0.6 is 0 Å². The van der Waals surface area contributed by atoms with Crippen molar-refractivity contribution >= 4 is 5.91 Å². The van der Waals surface area contributed by atoms with E-state index in [2.05, 4.69) is 17.4 Å². The van der Waals surface area contributed by atoms with Gasteiger partial charge in [-0.15, -0.1) is 0 Å². The molecule has 4 heteroatoms. The summed E-state index contributed by atoms with van der Waals surface area (Å²) in [7, 11) is 1.89. The molecular weight excluding hydrogens is 228 g/mol. The average molecular weight is 246 g/mol. The number of amides is 1. The second-order valence-electron chi connectivity index (χ2n) is 5.00. The first kappa shape index (κ1) is 11.7. The number of ether oxygens (including phenoxy) is 1. The highest BCUT2D eigenvalue weighted by Crippen LogP contribution is 2.26. The van der Waals surface area contributed by atoms with Gasteiger partial charge in [-0.3, -0.25) is 4.79 Å². The Bertz CT molecular complexity index is 436. The number of fused-ring (bicyclic) bond motifs is 1. The molecule has 1 N–H and O–H groups in total. The highest BCUT2D eigenvalue weighted by Gasteiger charge is 2.37. The number of carbonyl (C=O) groups is 1. The van der Waals surface area contributed by atoms with Crippen molar-refractivity contribution in [1.29, 1.82) is 0 Å². The van der Waals surface area contributed by atoms with E-state index in [1.807, 2.05) is 24.1 Å².